The SMILES string of the molecule is NCC(=O)Nc1nc(Cc2cccc3ccccc23)cs1. The van der Waals surface area contributed by atoms with E-state index in [4.69, 9.17) is 5.73 Å². The number of hydrogen-bond donors (Lipinski definition) is 2. The Morgan fingerprint density at radius 3 is 2.86 bits per heavy atom. The van der Waals surface area contributed by atoms with E-state index in [2.05, 4.69) is 40.6 Å². The second kappa shape index (κ2) is 6.03. The van der Waals surface area contributed by atoms with E-state index in [0.717, 1.165) is 12.1 Å². The lowest BCUT2D eigenvalue weighted by Crippen LogP contribution is -2.21. The van der Waals surface area contributed by atoms with Crippen molar-refractivity contribution in [3.05, 3.63) is 59.1 Å². The van der Waals surface area contributed by atoms with Crippen molar-refractivity contribution in [1.29, 1.82) is 0 Å². The number of rotatable bonds is 4. The number of aromatic nitrogens is 1. The number of anilines is 1. The number of nitrogens with one attached hydrogen (secondary N) is 1. The first-order valence-corrected chi connectivity index (χ1v) is 7.55. The Labute approximate surface area is 126 Å². The molecule has 0 aliphatic heterocycles. The molecule has 0 radical (unpaired) electrons. The van der Waals surface area contributed by atoms with Gasteiger partial charge in [0.25, 0.3) is 0 Å². The van der Waals surface area contributed by atoms with Gasteiger partial charge in [-0.25, -0.2) is 4.98 Å². The zero-order valence-corrected chi connectivity index (χ0v) is 12.2. The van der Waals surface area contributed by atoms with Gasteiger partial charge < -0.3 is 11.1 Å². The number of thiazole rings is 1. The average molecular weight is 297 g/mol. The topological polar surface area (TPSA) is 68.0 Å². The van der Waals surface area contributed by atoms with Crippen LogP contribution >= 0.6 is 11.3 Å². The molecule has 1 aromatic heterocycles. The number of nitrogens with zero attached hydrogens (tertiary/aromatic N) is 1. The van der Waals surface area contributed by atoms with E-state index < -0.39 is 0 Å². The molecule has 0 saturated heterocycles. The quantitative estimate of drug-likeness (QED) is 0.778. The molecule has 0 fully saturated rings. The predicted octanol–water partition coefficient (Wildman–Crippen LogP) is 2.78. The van der Waals surface area contributed by atoms with E-state index in [1.165, 1.54) is 27.7 Å². The third kappa shape index (κ3) is 3.09. The molecule has 0 aliphatic carbocycles. The molecule has 4 nitrogen and oxygen atoms in total. The van der Waals surface area contributed by atoms with E-state index in [0.29, 0.717) is 5.13 Å². The van der Waals surface area contributed by atoms with Crippen LogP contribution in [0.1, 0.15) is 11.3 Å². The lowest BCUT2D eigenvalue weighted by atomic mass is 10.0. The summed E-state index contributed by atoms with van der Waals surface area (Å²) in [5, 5.41) is 7.70. The fourth-order valence-electron chi connectivity index (χ4n) is 2.26. The normalized spacial score (nSPS) is 10.7. The van der Waals surface area contributed by atoms with Gasteiger partial charge in [0.15, 0.2) is 5.13 Å². The molecule has 0 unspecified atom stereocenters. The van der Waals surface area contributed by atoms with Crippen molar-refractivity contribution in [2.75, 3.05) is 11.9 Å². The van der Waals surface area contributed by atoms with E-state index in [1.807, 2.05) is 17.5 Å². The first-order chi connectivity index (χ1) is 10.3. The molecule has 3 aromatic rings. The zero-order valence-electron chi connectivity index (χ0n) is 11.4. The largest absolute Gasteiger partial charge is 0.322 e. The van der Waals surface area contributed by atoms with Crippen LogP contribution in [0.25, 0.3) is 10.8 Å². The Bertz CT molecular complexity index is 777. The number of amides is 1. The van der Waals surface area contributed by atoms with Crippen molar-refractivity contribution in [3.8, 4) is 0 Å². The molecule has 2 aromatic carbocycles. The van der Waals surface area contributed by atoms with Crippen molar-refractivity contribution in [2.24, 2.45) is 5.73 Å². The molecule has 1 amide bonds. The number of fused-ring (bicyclic) bond motifs is 1. The van der Waals surface area contributed by atoms with Crippen LogP contribution in [0, 0.1) is 0 Å². The number of nitrogens with two attached hydrogens (primary N) is 1. The zero-order chi connectivity index (χ0) is 14.7. The molecular weight excluding hydrogens is 282 g/mol. The minimum Gasteiger partial charge on any atom is -0.322 e. The van der Waals surface area contributed by atoms with Crippen LogP contribution in [0.5, 0.6) is 0 Å². The van der Waals surface area contributed by atoms with Crippen molar-refractivity contribution < 1.29 is 4.79 Å². The molecular formula is C16H15N3OS. The molecule has 0 atom stereocenters. The van der Waals surface area contributed by atoms with Gasteiger partial charge in [-0.15, -0.1) is 11.3 Å². The predicted molar refractivity (Wildman–Crippen MR) is 86.6 cm³/mol. The van der Waals surface area contributed by atoms with Crippen LogP contribution in [0.2, 0.25) is 0 Å². The minimum absolute atomic E-state index is 0.0295. The molecule has 0 bridgehead atoms. The molecule has 21 heavy (non-hydrogen) atoms. The number of carbonyl (C=O) groups is 1. The molecule has 3 N–H and O–H groups in total. The van der Waals surface area contributed by atoms with Gasteiger partial charge >= 0.3 is 0 Å². The second-order valence-corrected chi connectivity index (χ2v) is 5.57. The molecule has 1 heterocycles. The van der Waals surface area contributed by atoms with Crippen molar-refractivity contribution in [1.82, 2.24) is 4.98 Å². The molecule has 5 heteroatoms. The Morgan fingerprint density at radius 2 is 2.00 bits per heavy atom. The lowest BCUT2D eigenvalue weighted by molar-refractivity contribution is -0.114. The van der Waals surface area contributed by atoms with Gasteiger partial charge in [0.05, 0.1) is 12.2 Å². The number of carbonyl (C=O) groups excluding carboxylic acids is 1. The Hall–Kier alpha value is -2.24. The van der Waals surface area contributed by atoms with E-state index in [-0.39, 0.29) is 12.5 Å². The summed E-state index contributed by atoms with van der Waals surface area (Å²) in [4.78, 5) is 15.7. The molecule has 106 valence electrons. The first-order valence-electron chi connectivity index (χ1n) is 6.67. The standard InChI is InChI=1S/C16H15N3OS/c17-9-15(20)19-16-18-13(10-21-16)8-12-6-3-5-11-4-1-2-7-14(11)12/h1-7,10H,8-9,17H2,(H,18,19,20). The van der Waals surface area contributed by atoms with Crippen molar-refractivity contribution >= 4 is 33.1 Å². The summed E-state index contributed by atoms with van der Waals surface area (Å²) in [6.45, 7) is -0.0295. The highest BCUT2D eigenvalue weighted by atomic mass is 32.1. The maximum atomic E-state index is 11.3. The van der Waals surface area contributed by atoms with Crippen LogP contribution < -0.4 is 11.1 Å². The number of benzene rings is 2. The highest BCUT2D eigenvalue weighted by Crippen LogP contribution is 2.23. The highest BCUT2D eigenvalue weighted by Gasteiger charge is 2.07. The third-order valence-corrected chi connectivity index (χ3v) is 4.04. The van der Waals surface area contributed by atoms with Crippen LogP contribution in [-0.4, -0.2) is 17.4 Å². The number of hydrogen-bond acceptors (Lipinski definition) is 4. The third-order valence-electron chi connectivity index (χ3n) is 3.23. The fraction of sp³-hybridized carbons (Fsp3) is 0.125. The van der Waals surface area contributed by atoms with Crippen molar-refractivity contribution in [3.63, 3.8) is 0 Å². The first kappa shape index (κ1) is 13.7. The summed E-state index contributed by atoms with van der Waals surface area (Å²) >= 11 is 1.42. The van der Waals surface area contributed by atoms with Gasteiger partial charge in [-0.2, -0.15) is 0 Å². The summed E-state index contributed by atoms with van der Waals surface area (Å²) in [5.74, 6) is -0.221. The molecule has 3 rings (SSSR count). The van der Waals surface area contributed by atoms with Gasteiger partial charge in [0.2, 0.25) is 5.91 Å². The van der Waals surface area contributed by atoms with E-state index in [9.17, 15) is 4.79 Å². The molecule has 0 saturated carbocycles. The Kier molecular flexibility index (Phi) is 3.94. The van der Waals surface area contributed by atoms with Crippen LogP contribution in [0.4, 0.5) is 5.13 Å². The Balaban J connectivity index is 1.84. The monoisotopic (exact) mass is 297 g/mol. The second-order valence-electron chi connectivity index (χ2n) is 4.71. The maximum absolute atomic E-state index is 11.3. The van der Waals surface area contributed by atoms with E-state index >= 15 is 0 Å². The van der Waals surface area contributed by atoms with E-state index in [1.54, 1.807) is 0 Å². The molecule has 0 aliphatic rings. The van der Waals surface area contributed by atoms with Crippen LogP contribution in [0.15, 0.2) is 47.8 Å². The summed E-state index contributed by atoms with van der Waals surface area (Å²) in [5.41, 5.74) is 7.46. The smallest absolute Gasteiger partial charge is 0.239 e. The lowest BCUT2D eigenvalue weighted by Gasteiger charge is -2.04. The summed E-state index contributed by atoms with van der Waals surface area (Å²) < 4.78 is 0. The fourth-order valence-corrected chi connectivity index (χ4v) is 2.98. The average Bonchev–Trinajstić information content (AvgIpc) is 2.94. The molecule has 0 spiro atoms. The van der Waals surface area contributed by atoms with Gasteiger partial charge in [0.1, 0.15) is 0 Å². The van der Waals surface area contributed by atoms with Gasteiger partial charge in [-0.05, 0) is 16.3 Å². The summed E-state index contributed by atoms with van der Waals surface area (Å²) in [6.07, 6.45) is 0.746. The minimum atomic E-state index is -0.221. The highest BCUT2D eigenvalue weighted by molar-refractivity contribution is 7.13. The summed E-state index contributed by atoms with van der Waals surface area (Å²) in [7, 11) is 0. The maximum Gasteiger partial charge on any atom is 0.239 e. The Morgan fingerprint density at radius 1 is 1.19 bits per heavy atom. The van der Waals surface area contributed by atoms with Gasteiger partial charge in [-0.1, -0.05) is 42.5 Å². The van der Waals surface area contributed by atoms with Crippen molar-refractivity contribution in [2.45, 2.75) is 6.42 Å². The van der Waals surface area contributed by atoms with Gasteiger partial charge in [-0.3, -0.25) is 4.79 Å². The summed E-state index contributed by atoms with van der Waals surface area (Å²) in [6, 6.07) is 14.6. The van der Waals surface area contributed by atoms with Crippen LogP contribution in [0.3, 0.4) is 0 Å². The van der Waals surface area contributed by atoms with Gasteiger partial charge in [0, 0.05) is 11.8 Å². The van der Waals surface area contributed by atoms with Crippen LogP contribution in [-0.2, 0) is 11.2 Å².